The van der Waals surface area contributed by atoms with Crippen LogP contribution in [0.2, 0.25) is 0 Å². The Hall–Kier alpha value is -3.52. The minimum Gasteiger partial charge on any atom is -0.271 e. The van der Waals surface area contributed by atoms with Crippen molar-refractivity contribution >= 4 is 27.3 Å². The molecule has 8 heteroatoms. The average molecular weight is 496 g/mol. The van der Waals surface area contributed by atoms with E-state index in [1.165, 1.54) is 30.3 Å². The second-order valence-electron chi connectivity index (χ2n) is 9.08. The molecule has 0 spiro atoms. The zero-order valence-electron chi connectivity index (χ0n) is 20.3. The number of carbonyl (C=O) groups is 1. The number of anilines is 1. The van der Waals surface area contributed by atoms with E-state index in [0.717, 1.165) is 21.5 Å². The quantitative estimate of drug-likeness (QED) is 0.328. The van der Waals surface area contributed by atoms with Gasteiger partial charge in [0.15, 0.2) is 0 Å². The minimum absolute atomic E-state index is 0.0385. The van der Waals surface area contributed by atoms with Crippen LogP contribution in [0.1, 0.15) is 38.3 Å². The number of nitrogens with one attached hydrogen (secondary N) is 1. The number of nitrogens with zero attached hydrogens (tertiary/aromatic N) is 2. The Morgan fingerprint density at radius 1 is 0.971 bits per heavy atom. The first-order valence-electron chi connectivity index (χ1n) is 11.2. The van der Waals surface area contributed by atoms with E-state index in [1.54, 1.807) is 19.1 Å². The van der Waals surface area contributed by atoms with Crippen molar-refractivity contribution in [2.45, 2.75) is 44.4 Å². The maximum absolute atomic E-state index is 14.6. The number of halogens is 1. The van der Waals surface area contributed by atoms with Crippen LogP contribution >= 0.6 is 0 Å². The Kier molecular flexibility index (Phi) is 8.07. The van der Waals surface area contributed by atoms with Gasteiger partial charge in [0, 0.05) is 5.71 Å². The van der Waals surface area contributed by atoms with Gasteiger partial charge in [-0.3, -0.25) is 9.10 Å². The van der Waals surface area contributed by atoms with Crippen LogP contribution in [0.15, 0.2) is 88.9 Å². The average Bonchev–Trinajstić information content (AvgIpc) is 2.82. The highest BCUT2D eigenvalue weighted by Crippen LogP contribution is 2.28. The molecular weight excluding hydrogens is 465 g/mol. The molecule has 0 aliphatic heterocycles. The van der Waals surface area contributed by atoms with Gasteiger partial charge in [-0.2, -0.15) is 5.10 Å². The van der Waals surface area contributed by atoms with E-state index >= 15 is 0 Å². The first-order valence-corrected chi connectivity index (χ1v) is 12.7. The first-order chi connectivity index (χ1) is 16.5. The van der Waals surface area contributed by atoms with Crippen molar-refractivity contribution in [3.8, 4) is 0 Å². The molecule has 0 aliphatic rings. The molecule has 1 N–H and O–H groups in total. The summed E-state index contributed by atoms with van der Waals surface area (Å²) in [6.07, 6.45) is 0.579. The lowest BCUT2D eigenvalue weighted by molar-refractivity contribution is -0.119. The van der Waals surface area contributed by atoms with Gasteiger partial charge < -0.3 is 0 Å². The van der Waals surface area contributed by atoms with Gasteiger partial charge in [0.25, 0.3) is 15.9 Å². The molecule has 0 bridgehead atoms. The van der Waals surface area contributed by atoms with Gasteiger partial charge in [-0.05, 0) is 55.5 Å². The standard InChI is InChI=1S/C27H30FN3O3S/c1-20-14-16-23(17-15-20)35(33,34)31(25-13-9-8-12-24(25)28)19-26(32)30-29-21(2)18-27(3,4)22-10-6-5-7-11-22/h5-17H,18-19H2,1-4H3,(H,30,32)/b29-21+. The molecular formula is C27H30FN3O3S. The van der Waals surface area contributed by atoms with E-state index in [1.807, 2.05) is 37.3 Å². The third-order valence-electron chi connectivity index (χ3n) is 5.64. The summed E-state index contributed by atoms with van der Waals surface area (Å²) in [7, 11) is -4.21. The number of carbonyl (C=O) groups excluding carboxylic acids is 1. The molecule has 0 radical (unpaired) electrons. The number of para-hydroxylation sites is 1. The van der Waals surface area contributed by atoms with Crippen molar-refractivity contribution in [1.29, 1.82) is 0 Å². The number of sulfonamides is 1. The predicted octanol–water partition coefficient (Wildman–Crippen LogP) is 5.19. The van der Waals surface area contributed by atoms with Crippen LogP contribution in [0, 0.1) is 12.7 Å². The van der Waals surface area contributed by atoms with Crippen LogP contribution in [-0.4, -0.2) is 26.6 Å². The molecule has 3 aromatic carbocycles. The largest absolute Gasteiger partial charge is 0.271 e. The van der Waals surface area contributed by atoms with Gasteiger partial charge in [0.1, 0.15) is 12.4 Å². The molecule has 35 heavy (non-hydrogen) atoms. The van der Waals surface area contributed by atoms with E-state index in [0.29, 0.717) is 12.1 Å². The SMILES string of the molecule is C/C(CC(C)(C)c1ccccc1)=N\NC(=O)CN(c1ccccc1F)S(=O)(=O)c1ccc(C)cc1. The first kappa shape index (κ1) is 26.1. The molecule has 0 aliphatic carbocycles. The van der Waals surface area contributed by atoms with Gasteiger partial charge in [0.05, 0.1) is 10.6 Å². The Morgan fingerprint density at radius 2 is 1.57 bits per heavy atom. The van der Waals surface area contributed by atoms with E-state index in [2.05, 4.69) is 24.4 Å². The van der Waals surface area contributed by atoms with Gasteiger partial charge in [0.2, 0.25) is 0 Å². The molecule has 0 unspecified atom stereocenters. The van der Waals surface area contributed by atoms with E-state index in [-0.39, 0.29) is 16.0 Å². The number of benzene rings is 3. The van der Waals surface area contributed by atoms with E-state index in [9.17, 15) is 17.6 Å². The summed E-state index contributed by atoms with van der Waals surface area (Å²) >= 11 is 0. The number of amides is 1. The van der Waals surface area contributed by atoms with E-state index < -0.39 is 28.3 Å². The molecule has 0 heterocycles. The highest BCUT2D eigenvalue weighted by atomic mass is 32.2. The van der Waals surface area contributed by atoms with Crippen molar-refractivity contribution in [3.63, 3.8) is 0 Å². The fraction of sp³-hybridized carbons (Fsp3) is 0.259. The Balaban J connectivity index is 1.81. The lowest BCUT2D eigenvalue weighted by Crippen LogP contribution is -2.40. The fourth-order valence-electron chi connectivity index (χ4n) is 3.79. The van der Waals surface area contributed by atoms with Crippen molar-refractivity contribution < 1.29 is 17.6 Å². The smallest absolute Gasteiger partial charge is 0.264 e. The number of hydrazone groups is 1. The van der Waals surface area contributed by atoms with Crippen LogP contribution < -0.4 is 9.73 Å². The summed E-state index contributed by atoms with van der Waals surface area (Å²) in [6, 6.07) is 21.6. The van der Waals surface area contributed by atoms with Gasteiger partial charge in [-0.25, -0.2) is 18.2 Å². The van der Waals surface area contributed by atoms with Crippen molar-refractivity contribution in [1.82, 2.24) is 5.43 Å². The molecule has 0 saturated heterocycles. The lowest BCUT2D eigenvalue weighted by atomic mass is 9.80. The van der Waals surface area contributed by atoms with E-state index in [4.69, 9.17) is 0 Å². The predicted molar refractivity (Wildman–Crippen MR) is 137 cm³/mol. The molecule has 6 nitrogen and oxygen atoms in total. The molecule has 1 amide bonds. The normalized spacial score (nSPS) is 12.3. The summed E-state index contributed by atoms with van der Waals surface area (Å²) in [6.45, 7) is 7.16. The maximum atomic E-state index is 14.6. The Labute approximate surface area is 206 Å². The summed E-state index contributed by atoms with van der Waals surface area (Å²) in [5.74, 6) is -1.43. The molecule has 3 rings (SSSR count). The summed E-state index contributed by atoms with van der Waals surface area (Å²) in [5, 5.41) is 4.17. The van der Waals surface area contributed by atoms with Crippen molar-refractivity contribution in [2.24, 2.45) is 5.10 Å². The van der Waals surface area contributed by atoms with Crippen molar-refractivity contribution in [3.05, 3.63) is 95.8 Å². The van der Waals surface area contributed by atoms with Crippen LogP contribution in [0.25, 0.3) is 0 Å². The van der Waals surface area contributed by atoms with Gasteiger partial charge in [-0.15, -0.1) is 0 Å². The third kappa shape index (κ3) is 6.54. The lowest BCUT2D eigenvalue weighted by Gasteiger charge is -2.25. The minimum atomic E-state index is -4.21. The highest BCUT2D eigenvalue weighted by Gasteiger charge is 2.29. The Morgan fingerprint density at radius 3 is 2.20 bits per heavy atom. The van der Waals surface area contributed by atoms with Crippen LogP contribution in [-0.2, 0) is 20.2 Å². The number of hydrogen-bond acceptors (Lipinski definition) is 4. The second-order valence-corrected chi connectivity index (χ2v) is 10.9. The second kappa shape index (κ2) is 10.8. The topological polar surface area (TPSA) is 78.8 Å². The highest BCUT2D eigenvalue weighted by molar-refractivity contribution is 7.92. The third-order valence-corrected chi connectivity index (χ3v) is 7.42. The molecule has 0 fully saturated rings. The zero-order chi connectivity index (χ0) is 25.6. The van der Waals surface area contributed by atoms with Crippen molar-refractivity contribution in [2.75, 3.05) is 10.8 Å². The number of aryl methyl sites for hydroxylation is 1. The summed E-state index contributed by atoms with van der Waals surface area (Å²) < 4.78 is 42.1. The molecule has 3 aromatic rings. The molecule has 0 aromatic heterocycles. The maximum Gasteiger partial charge on any atom is 0.264 e. The van der Waals surface area contributed by atoms with Gasteiger partial charge >= 0.3 is 0 Å². The molecule has 0 atom stereocenters. The van der Waals surface area contributed by atoms with Gasteiger partial charge in [-0.1, -0.05) is 74.0 Å². The number of hydrogen-bond donors (Lipinski definition) is 1. The molecule has 0 saturated carbocycles. The zero-order valence-corrected chi connectivity index (χ0v) is 21.1. The fourth-order valence-corrected chi connectivity index (χ4v) is 5.21. The summed E-state index contributed by atoms with van der Waals surface area (Å²) in [4.78, 5) is 12.7. The van der Waals surface area contributed by atoms with Crippen LogP contribution in [0.3, 0.4) is 0 Å². The number of rotatable bonds is 9. The summed E-state index contributed by atoms with van der Waals surface area (Å²) in [5.41, 5.74) is 4.69. The molecule has 184 valence electrons. The Bertz CT molecular complexity index is 1310. The van der Waals surface area contributed by atoms with Crippen LogP contribution in [0.4, 0.5) is 10.1 Å². The van der Waals surface area contributed by atoms with Crippen LogP contribution in [0.5, 0.6) is 0 Å². The monoisotopic (exact) mass is 495 g/mol.